The zero-order chi connectivity index (χ0) is 16.0. The van der Waals surface area contributed by atoms with Crippen LogP contribution in [0.4, 0.5) is 6.01 Å². The van der Waals surface area contributed by atoms with Crippen molar-refractivity contribution >= 4 is 40.1 Å². The minimum absolute atomic E-state index is 0.344. The van der Waals surface area contributed by atoms with E-state index in [0.717, 1.165) is 46.9 Å². The molecule has 23 heavy (non-hydrogen) atoms. The number of aromatic nitrogens is 2. The number of thiazole rings is 1. The Kier molecular flexibility index (Phi) is 3.75. The summed E-state index contributed by atoms with van der Waals surface area (Å²) in [5, 5.41) is 6.93. The second kappa shape index (κ2) is 5.78. The van der Waals surface area contributed by atoms with Gasteiger partial charge in [-0.3, -0.25) is 0 Å². The Morgan fingerprint density at radius 1 is 1.48 bits per heavy atom. The number of rotatable bonds is 2. The minimum atomic E-state index is 0.344. The van der Waals surface area contributed by atoms with Crippen LogP contribution in [0.1, 0.15) is 12.5 Å². The van der Waals surface area contributed by atoms with Crippen LogP contribution < -0.4 is 10.2 Å². The highest BCUT2D eigenvalue weighted by Gasteiger charge is 2.25. The largest absolute Gasteiger partial charge is 0.423 e. The lowest BCUT2D eigenvalue weighted by molar-refractivity contribution is 0.456. The van der Waals surface area contributed by atoms with Gasteiger partial charge in [0.25, 0.3) is 6.01 Å². The predicted octanol–water partition coefficient (Wildman–Crippen LogP) is 3.71. The SMILES string of the molecule is Cc1c(Cl)cc2nc(N3CCNCC3C)oc2c1-c1nccs1. The van der Waals surface area contributed by atoms with E-state index in [1.165, 1.54) is 0 Å². The maximum Gasteiger partial charge on any atom is 0.298 e. The van der Waals surface area contributed by atoms with Crippen molar-refractivity contribution in [3.05, 3.63) is 28.2 Å². The van der Waals surface area contributed by atoms with Gasteiger partial charge < -0.3 is 14.6 Å². The molecule has 0 bridgehead atoms. The Bertz CT molecular complexity index is 846. The van der Waals surface area contributed by atoms with Crippen molar-refractivity contribution in [2.75, 3.05) is 24.5 Å². The van der Waals surface area contributed by atoms with Crippen LogP contribution in [-0.2, 0) is 0 Å². The van der Waals surface area contributed by atoms with Crippen LogP contribution in [0.15, 0.2) is 22.1 Å². The fourth-order valence-corrected chi connectivity index (χ4v) is 3.90. The molecule has 1 aliphatic heterocycles. The van der Waals surface area contributed by atoms with Gasteiger partial charge in [-0.2, -0.15) is 4.98 Å². The van der Waals surface area contributed by atoms with Crippen LogP contribution in [0.3, 0.4) is 0 Å². The third-order valence-corrected chi connectivity index (χ3v) is 5.44. The summed E-state index contributed by atoms with van der Waals surface area (Å²) < 4.78 is 6.16. The molecule has 2 aromatic heterocycles. The third-order valence-electron chi connectivity index (χ3n) is 4.26. The molecular weight excluding hydrogens is 332 g/mol. The lowest BCUT2D eigenvalue weighted by Gasteiger charge is -2.32. The first-order chi connectivity index (χ1) is 11.1. The Labute approximate surface area is 143 Å². The average Bonchev–Trinajstić information content (AvgIpc) is 3.18. The molecule has 1 aromatic carbocycles. The summed E-state index contributed by atoms with van der Waals surface area (Å²) in [6, 6.07) is 2.88. The number of halogens is 1. The lowest BCUT2D eigenvalue weighted by Crippen LogP contribution is -2.50. The molecule has 3 heterocycles. The van der Waals surface area contributed by atoms with E-state index in [1.54, 1.807) is 17.5 Å². The number of anilines is 1. The normalized spacial score (nSPS) is 18.7. The van der Waals surface area contributed by atoms with Gasteiger partial charge in [-0.15, -0.1) is 11.3 Å². The quantitative estimate of drug-likeness (QED) is 0.765. The molecule has 0 saturated carbocycles. The number of fused-ring (bicyclic) bond motifs is 1. The van der Waals surface area contributed by atoms with Gasteiger partial charge in [0.1, 0.15) is 10.5 Å². The molecular formula is C16H17ClN4OS. The number of hydrogen-bond donors (Lipinski definition) is 1. The zero-order valence-corrected chi connectivity index (χ0v) is 14.5. The molecule has 1 atom stereocenters. The van der Waals surface area contributed by atoms with Crippen LogP contribution in [0, 0.1) is 6.92 Å². The van der Waals surface area contributed by atoms with Crippen molar-refractivity contribution in [2.45, 2.75) is 19.9 Å². The van der Waals surface area contributed by atoms with Gasteiger partial charge >= 0.3 is 0 Å². The first-order valence-electron chi connectivity index (χ1n) is 7.62. The van der Waals surface area contributed by atoms with Gasteiger partial charge in [-0.05, 0) is 25.5 Å². The van der Waals surface area contributed by atoms with Gasteiger partial charge in [0.15, 0.2) is 5.58 Å². The Balaban J connectivity index is 1.90. The summed E-state index contributed by atoms with van der Waals surface area (Å²) in [7, 11) is 0. The van der Waals surface area contributed by atoms with Crippen LogP contribution >= 0.6 is 22.9 Å². The predicted molar refractivity (Wildman–Crippen MR) is 94.5 cm³/mol. The summed E-state index contributed by atoms with van der Waals surface area (Å²) >= 11 is 7.98. The van der Waals surface area contributed by atoms with Crippen molar-refractivity contribution in [3.63, 3.8) is 0 Å². The van der Waals surface area contributed by atoms with Gasteiger partial charge in [0, 0.05) is 42.3 Å². The molecule has 1 unspecified atom stereocenters. The molecule has 0 radical (unpaired) electrons. The van der Waals surface area contributed by atoms with Gasteiger partial charge in [0.05, 0.1) is 5.56 Å². The van der Waals surface area contributed by atoms with Crippen molar-refractivity contribution in [2.24, 2.45) is 0 Å². The van der Waals surface area contributed by atoms with Crippen molar-refractivity contribution in [1.29, 1.82) is 0 Å². The molecule has 1 N–H and O–H groups in total. The van der Waals surface area contributed by atoms with E-state index in [2.05, 4.69) is 27.1 Å². The monoisotopic (exact) mass is 348 g/mol. The number of benzene rings is 1. The summed E-state index contributed by atoms with van der Waals surface area (Å²) in [5.74, 6) is 0. The molecule has 7 heteroatoms. The van der Waals surface area contributed by atoms with Crippen molar-refractivity contribution in [3.8, 4) is 10.6 Å². The lowest BCUT2D eigenvalue weighted by atomic mass is 10.1. The van der Waals surface area contributed by atoms with Crippen LogP contribution in [0.2, 0.25) is 5.02 Å². The molecule has 3 aromatic rings. The van der Waals surface area contributed by atoms with Gasteiger partial charge in [-0.1, -0.05) is 11.6 Å². The third kappa shape index (κ3) is 2.51. The Hall–Kier alpha value is -1.63. The molecule has 4 rings (SSSR count). The fourth-order valence-electron chi connectivity index (χ4n) is 2.97. The number of oxazole rings is 1. The van der Waals surface area contributed by atoms with Crippen molar-refractivity contribution < 1.29 is 4.42 Å². The number of nitrogens with zero attached hydrogens (tertiary/aromatic N) is 3. The number of hydrogen-bond acceptors (Lipinski definition) is 6. The molecule has 120 valence electrons. The van der Waals surface area contributed by atoms with Crippen LogP contribution in [-0.4, -0.2) is 35.6 Å². The second-order valence-electron chi connectivity index (χ2n) is 5.79. The highest BCUT2D eigenvalue weighted by atomic mass is 35.5. The van der Waals surface area contributed by atoms with E-state index in [1.807, 2.05) is 18.4 Å². The smallest absolute Gasteiger partial charge is 0.298 e. The molecule has 5 nitrogen and oxygen atoms in total. The summed E-state index contributed by atoms with van der Waals surface area (Å²) in [6.45, 7) is 6.91. The van der Waals surface area contributed by atoms with E-state index in [9.17, 15) is 0 Å². The van der Waals surface area contributed by atoms with Crippen LogP contribution in [0.5, 0.6) is 0 Å². The summed E-state index contributed by atoms with van der Waals surface area (Å²) in [6.07, 6.45) is 1.79. The highest BCUT2D eigenvalue weighted by Crippen LogP contribution is 2.39. The molecule has 1 aliphatic rings. The van der Waals surface area contributed by atoms with Crippen molar-refractivity contribution in [1.82, 2.24) is 15.3 Å². The number of piperazine rings is 1. The maximum absolute atomic E-state index is 6.41. The van der Waals surface area contributed by atoms with E-state index in [4.69, 9.17) is 16.0 Å². The highest BCUT2D eigenvalue weighted by molar-refractivity contribution is 7.13. The first kappa shape index (κ1) is 14.9. The van der Waals surface area contributed by atoms with Crippen LogP contribution in [0.25, 0.3) is 21.7 Å². The topological polar surface area (TPSA) is 54.2 Å². The van der Waals surface area contributed by atoms with E-state index < -0.39 is 0 Å². The second-order valence-corrected chi connectivity index (χ2v) is 7.09. The molecule has 0 aliphatic carbocycles. The molecule has 0 amide bonds. The number of nitrogens with one attached hydrogen (secondary N) is 1. The maximum atomic E-state index is 6.41. The minimum Gasteiger partial charge on any atom is -0.423 e. The zero-order valence-electron chi connectivity index (χ0n) is 13.0. The molecule has 1 saturated heterocycles. The molecule has 0 spiro atoms. The van der Waals surface area contributed by atoms with E-state index in [-0.39, 0.29) is 0 Å². The Morgan fingerprint density at radius 2 is 2.35 bits per heavy atom. The molecule has 1 fully saturated rings. The van der Waals surface area contributed by atoms with Gasteiger partial charge in [0.2, 0.25) is 0 Å². The Morgan fingerprint density at radius 3 is 3.09 bits per heavy atom. The first-order valence-corrected chi connectivity index (χ1v) is 8.88. The average molecular weight is 349 g/mol. The standard InChI is InChI=1S/C16H17ClN4OS/c1-9-8-18-3-5-21(9)16-20-12-7-11(17)10(2)13(14(12)22-16)15-19-4-6-23-15/h4,6-7,9,18H,3,5,8H2,1-2H3. The van der Waals surface area contributed by atoms with Gasteiger partial charge in [-0.25, -0.2) is 4.98 Å². The summed E-state index contributed by atoms with van der Waals surface area (Å²) in [4.78, 5) is 11.3. The fraction of sp³-hybridized carbons (Fsp3) is 0.375. The summed E-state index contributed by atoms with van der Waals surface area (Å²) in [5.41, 5.74) is 3.48. The van der Waals surface area contributed by atoms with E-state index in [0.29, 0.717) is 17.1 Å². The van der Waals surface area contributed by atoms with E-state index >= 15 is 0 Å².